The zero-order valence-electron chi connectivity index (χ0n) is 13.2. The number of ether oxygens (including phenoxy) is 1. The number of likely N-dealkylation sites (N-methyl/N-ethyl adjacent to an activating group) is 1. The second-order valence-electron chi connectivity index (χ2n) is 5.77. The highest BCUT2D eigenvalue weighted by molar-refractivity contribution is 9.10. The number of aromatic amines is 1. The van der Waals surface area contributed by atoms with Crippen molar-refractivity contribution in [3.05, 3.63) is 40.4 Å². The topological polar surface area (TPSA) is 41.1 Å². The molecular formula is C17H19BrFN3O. The Labute approximate surface area is 143 Å². The van der Waals surface area contributed by atoms with Gasteiger partial charge in [-0.3, -0.25) is 0 Å². The van der Waals surface area contributed by atoms with Gasteiger partial charge in [0, 0.05) is 12.1 Å². The Kier molecular flexibility index (Phi) is 4.82. The molecule has 3 rings (SSSR count). The third-order valence-corrected chi connectivity index (χ3v) is 4.27. The normalized spacial score (nSPS) is 14.6. The van der Waals surface area contributed by atoms with E-state index in [9.17, 15) is 4.39 Å². The SMILES string of the molecule is CN(C)CCOc1cc(Br)c(F)c2nc(C3=CCCC=C3)[nH]c12. The molecule has 1 N–H and O–H groups in total. The highest BCUT2D eigenvalue weighted by Gasteiger charge is 2.17. The molecule has 0 unspecified atom stereocenters. The summed E-state index contributed by atoms with van der Waals surface area (Å²) in [7, 11) is 3.96. The van der Waals surface area contributed by atoms with Gasteiger partial charge in [0.25, 0.3) is 0 Å². The van der Waals surface area contributed by atoms with Gasteiger partial charge in [-0.1, -0.05) is 18.2 Å². The smallest absolute Gasteiger partial charge is 0.165 e. The van der Waals surface area contributed by atoms with E-state index >= 15 is 0 Å². The van der Waals surface area contributed by atoms with Crippen LogP contribution in [0.4, 0.5) is 4.39 Å². The van der Waals surface area contributed by atoms with E-state index in [1.165, 1.54) is 0 Å². The van der Waals surface area contributed by atoms with Crippen LogP contribution in [0.1, 0.15) is 18.7 Å². The molecule has 0 saturated carbocycles. The summed E-state index contributed by atoms with van der Waals surface area (Å²) in [6.45, 7) is 1.31. The van der Waals surface area contributed by atoms with Crippen molar-refractivity contribution in [3.63, 3.8) is 0 Å². The predicted octanol–water partition coefficient (Wildman–Crippen LogP) is 4.14. The van der Waals surface area contributed by atoms with E-state index in [0.29, 0.717) is 33.7 Å². The lowest BCUT2D eigenvalue weighted by Crippen LogP contribution is -2.19. The average Bonchev–Trinajstić information content (AvgIpc) is 2.98. The van der Waals surface area contributed by atoms with Gasteiger partial charge in [0.2, 0.25) is 0 Å². The molecule has 0 aliphatic heterocycles. The molecule has 6 heteroatoms. The van der Waals surface area contributed by atoms with Gasteiger partial charge in [0.05, 0.1) is 4.47 Å². The Bertz CT molecular complexity index is 780. The molecule has 0 bridgehead atoms. The highest BCUT2D eigenvalue weighted by atomic mass is 79.9. The molecule has 0 fully saturated rings. The summed E-state index contributed by atoms with van der Waals surface area (Å²) < 4.78 is 20.6. The molecule has 1 aliphatic carbocycles. The summed E-state index contributed by atoms with van der Waals surface area (Å²) in [4.78, 5) is 9.67. The van der Waals surface area contributed by atoms with E-state index in [-0.39, 0.29) is 5.82 Å². The first-order valence-corrected chi connectivity index (χ1v) is 8.38. The van der Waals surface area contributed by atoms with Crippen LogP contribution in [-0.2, 0) is 0 Å². The quantitative estimate of drug-likeness (QED) is 0.848. The molecule has 23 heavy (non-hydrogen) atoms. The molecule has 1 aliphatic rings. The second-order valence-corrected chi connectivity index (χ2v) is 6.62. The van der Waals surface area contributed by atoms with Gasteiger partial charge in [-0.2, -0.15) is 0 Å². The van der Waals surface area contributed by atoms with Crippen molar-refractivity contribution in [2.75, 3.05) is 27.2 Å². The number of allylic oxidation sites excluding steroid dienone is 4. The molecule has 0 radical (unpaired) electrons. The fourth-order valence-corrected chi connectivity index (χ4v) is 2.85. The summed E-state index contributed by atoms with van der Waals surface area (Å²) in [5, 5.41) is 0. The lowest BCUT2D eigenvalue weighted by molar-refractivity contribution is 0.263. The molecule has 0 spiro atoms. The van der Waals surface area contributed by atoms with E-state index in [4.69, 9.17) is 4.74 Å². The lowest BCUT2D eigenvalue weighted by Gasteiger charge is -2.12. The molecule has 2 aromatic rings. The largest absolute Gasteiger partial charge is 0.490 e. The minimum Gasteiger partial charge on any atom is -0.490 e. The number of nitrogens with one attached hydrogen (secondary N) is 1. The molecule has 0 atom stereocenters. The molecule has 4 nitrogen and oxygen atoms in total. The number of hydrogen-bond donors (Lipinski definition) is 1. The number of benzene rings is 1. The van der Waals surface area contributed by atoms with Crippen LogP contribution in [0.15, 0.2) is 28.8 Å². The van der Waals surface area contributed by atoms with E-state index in [2.05, 4.69) is 38.0 Å². The summed E-state index contributed by atoms with van der Waals surface area (Å²) in [6.07, 6.45) is 8.23. The number of hydrogen-bond acceptors (Lipinski definition) is 3. The van der Waals surface area contributed by atoms with Gasteiger partial charge >= 0.3 is 0 Å². The fourth-order valence-electron chi connectivity index (χ4n) is 2.45. The average molecular weight is 380 g/mol. The van der Waals surface area contributed by atoms with E-state index in [1.54, 1.807) is 6.07 Å². The Balaban J connectivity index is 1.99. The molecule has 122 valence electrons. The van der Waals surface area contributed by atoms with Gasteiger partial charge in [-0.15, -0.1) is 0 Å². The standard InChI is InChI=1S/C17H19BrFN3O/c1-22(2)8-9-23-13-10-12(18)14(19)16-15(13)20-17(21-16)11-6-4-3-5-7-11/h4,6-7,10H,3,5,8-9H2,1-2H3,(H,20,21). The van der Waals surface area contributed by atoms with Crippen molar-refractivity contribution in [2.24, 2.45) is 0 Å². The van der Waals surface area contributed by atoms with Crippen molar-refractivity contribution < 1.29 is 9.13 Å². The van der Waals surface area contributed by atoms with Crippen LogP contribution < -0.4 is 4.74 Å². The maximum atomic E-state index is 14.4. The van der Waals surface area contributed by atoms with Crippen LogP contribution in [0.25, 0.3) is 16.6 Å². The van der Waals surface area contributed by atoms with Gasteiger partial charge < -0.3 is 14.6 Å². The third-order valence-electron chi connectivity index (χ3n) is 3.69. The van der Waals surface area contributed by atoms with Crippen molar-refractivity contribution in [1.29, 1.82) is 0 Å². The number of halogens is 2. The van der Waals surface area contributed by atoms with Crippen LogP contribution in [0, 0.1) is 5.82 Å². The van der Waals surface area contributed by atoms with Crippen molar-refractivity contribution in [2.45, 2.75) is 12.8 Å². The first-order valence-electron chi connectivity index (χ1n) is 7.58. The van der Waals surface area contributed by atoms with Crippen LogP contribution in [-0.4, -0.2) is 42.1 Å². The number of imidazole rings is 1. The van der Waals surface area contributed by atoms with Crippen LogP contribution in [0.2, 0.25) is 0 Å². The zero-order valence-corrected chi connectivity index (χ0v) is 14.8. The zero-order chi connectivity index (χ0) is 16.4. The molecule has 0 saturated heterocycles. The Hall–Kier alpha value is -1.66. The van der Waals surface area contributed by atoms with E-state index in [1.807, 2.05) is 25.1 Å². The summed E-state index contributed by atoms with van der Waals surface area (Å²) in [5.74, 6) is 0.905. The van der Waals surface area contributed by atoms with Crippen LogP contribution >= 0.6 is 15.9 Å². The lowest BCUT2D eigenvalue weighted by atomic mass is 10.1. The molecule has 1 aromatic heterocycles. The molecular weight excluding hydrogens is 361 g/mol. The first kappa shape index (κ1) is 16.2. The Morgan fingerprint density at radius 1 is 1.39 bits per heavy atom. The molecule has 1 aromatic carbocycles. The minimum atomic E-state index is -0.372. The Morgan fingerprint density at radius 3 is 2.91 bits per heavy atom. The summed E-state index contributed by atoms with van der Waals surface area (Å²) >= 11 is 3.25. The van der Waals surface area contributed by atoms with Gasteiger partial charge in [0.1, 0.15) is 29.2 Å². The van der Waals surface area contributed by atoms with Gasteiger partial charge in [0.15, 0.2) is 5.82 Å². The maximum absolute atomic E-state index is 14.4. The summed E-state index contributed by atoms with van der Waals surface area (Å²) in [5.41, 5.74) is 1.88. The van der Waals surface area contributed by atoms with Gasteiger partial charge in [-0.25, -0.2) is 9.37 Å². The predicted molar refractivity (Wildman–Crippen MR) is 94.2 cm³/mol. The number of fused-ring (bicyclic) bond motifs is 1. The molecule has 0 amide bonds. The number of nitrogens with zero attached hydrogens (tertiary/aromatic N) is 2. The first-order chi connectivity index (χ1) is 11.1. The third kappa shape index (κ3) is 3.48. The van der Waals surface area contributed by atoms with Crippen molar-refractivity contribution >= 4 is 32.5 Å². The number of aromatic nitrogens is 2. The number of rotatable bonds is 5. The highest BCUT2D eigenvalue weighted by Crippen LogP contribution is 2.33. The maximum Gasteiger partial charge on any atom is 0.165 e. The second kappa shape index (κ2) is 6.84. The van der Waals surface area contributed by atoms with E-state index < -0.39 is 0 Å². The van der Waals surface area contributed by atoms with E-state index in [0.717, 1.165) is 25.0 Å². The molecule has 1 heterocycles. The van der Waals surface area contributed by atoms with Crippen LogP contribution in [0.5, 0.6) is 5.75 Å². The fraction of sp³-hybridized carbons (Fsp3) is 0.353. The van der Waals surface area contributed by atoms with Crippen LogP contribution in [0.3, 0.4) is 0 Å². The van der Waals surface area contributed by atoms with Gasteiger partial charge in [-0.05, 0) is 48.9 Å². The minimum absolute atomic E-state index is 0.300. The van der Waals surface area contributed by atoms with Crippen molar-refractivity contribution in [1.82, 2.24) is 14.9 Å². The Morgan fingerprint density at radius 2 is 2.22 bits per heavy atom. The van der Waals surface area contributed by atoms with Crippen molar-refractivity contribution in [3.8, 4) is 5.75 Å². The monoisotopic (exact) mass is 379 g/mol. The number of H-pyrrole nitrogens is 1. The summed E-state index contributed by atoms with van der Waals surface area (Å²) in [6, 6.07) is 1.65.